The van der Waals surface area contributed by atoms with Crippen LogP contribution >= 0.6 is 0 Å². The third-order valence-electron chi connectivity index (χ3n) is 5.07. The van der Waals surface area contributed by atoms with Crippen molar-refractivity contribution in [2.24, 2.45) is 0 Å². The molecule has 4 aromatic carbocycles. The normalized spacial score (nSPS) is 10.8. The van der Waals surface area contributed by atoms with Crippen LogP contribution in [0.2, 0.25) is 0 Å². The van der Waals surface area contributed by atoms with Crippen molar-refractivity contribution in [1.29, 1.82) is 0 Å². The van der Waals surface area contributed by atoms with Crippen molar-refractivity contribution in [2.75, 3.05) is 5.32 Å². The predicted octanol–water partition coefficient (Wildman–Crippen LogP) is 5.52. The number of hydrogen-bond acceptors (Lipinski definition) is 4. The molecule has 0 aliphatic heterocycles. The molecule has 5 aromatic rings. The molecule has 1 aromatic heterocycles. The van der Waals surface area contributed by atoms with Crippen molar-refractivity contribution in [3.63, 3.8) is 0 Å². The molecule has 0 radical (unpaired) electrons. The Morgan fingerprint density at radius 1 is 0.812 bits per heavy atom. The zero-order valence-electron chi connectivity index (χ0n) is 17.2. The van der Waals surface area contributed by atoms with Crippen LogP contribution in [0.1, 0.15) is 15.9 Å². The number of benzene rings is 4. The minimum atomic E-state index is -0.202. The van der Waals surface area contributed by atoms with Gasteiger partial charge in [-0.15, -0.1) is 5.10 Å². The van der Waals surface area contributed by atoms with Gasteiger partial charge in [-0.05, 0) is 54.1 Å². The van der Waals surface area contributed by atoms with Gasteiger partial charge in [-0.1, -0.05) is 59.8 Å². The van der Waals surface area contributed by atoms with Gasteiger partial charge in [-0.3, -0.25) is 4.79 Å². The lowest BCUT2D eigenvalue weighted by molar-refractivity contribution is 0.102. The van der Waals surface area contributed by atoms with E-state index in [-0.39, 0.29) is 5.91 Å². The van der Waals surface area contributed by atoms with Crippen LogP contribution in [-0.2, 0) is 6.54 Å². The van der Waals surface area contributed by atoms with Crippen LogP contribution in [0.3, 0.4) is 0 Å². The van der Waals surface area contributed by atoms with Gasteiger partial charge in [0.15, 0.2) is 5.75 Å². The van der Waals surface area contributed by atoms with Gasteiger partial charge < -0.3 is 10.1 Å². The molecule has 1 heterocycles. The van der Waals surface area contributed by atoms with Gasteiger partial charge in [0.1, 0.15) is 11.3 Å². The highest BCUT2D eigenvalue weighted by atomic mass is 16.5. The highest BCUT2D eigenvalue weighted by Gasteiger charge is 2.11. The molecule has 32 heavy (non-hydrogen) atoms. The van der Waals surface area contributed by atoms with Crippen molar-refractivity contribution in [3.8, 4) is 11.5 Å². The van der Waals surface area contributed by atoms with E-state index in [2.05, 4.69) is 15.6 Å². The first-order chi connectivity index (χ1) is 15.8. The zero-order chi connectivity index (χ0) is 21.8. The lowest BCUT2D eigenvalue weighted by Gasteiger charge is -2.12. The Kier molecular flexibility index (Phi) is 5.32. The fraction of sp³-hybridized carbons (Fsp3) is 0.0385. The van der Waals surface area contributed by atoms with Crippen LogP contribution in [0.5, 0.6) is 11.5 Å². The van der Waals surface area contributed by atoms with Crippen LogP contribution < -0.4 is 10.1 Å². The monoisotopic (exact) mass is 420 g/mol. The molecule has 1 N–H and O–H groups in total. The van der Waals surface area contributed by atoms with Crippen LogP contribution in [0.25, 0.3) is 11.0 Å². The molecule has 0 bridgehead atoms. The van der Waals surface area contributed by atoms with Crippen LogP contribution in [0, 0.1) is 0 Å². The molecule has 0 atom stereocenters. The van der Waals surface area contributed by atoms with Crippen molar-refractivity contribution in [1.82, 2.24) is 15.0 Å². The summed E-state index contributed by atoms with van der Waals surface area (Å²) in [4.78, 5) is 12.8. The first-order valence-corrected chi connectivity index (χ1v) is 10.3. The van der Waals surface area contributed by atoms with Crippen LogP contribution in [0.15, 0.2) is 103 Å². The summed E-state index contributed by atoms with van der Waals surface area (Å²) < 4.78 is 7.78. The standard InChI is InChI=1S/C26H20N4O2/c31-26(27-23-11-5-7-13-25(23)32-21-8-2-1-3-9-21)20-16-14-19(15-17-20)18-30-24-12-6-4-10-22(24)28-29-30/h1-17H,18H2,(H,27,31). The molecule has 6 nitrogen and oxygen atoms in total. The molecule has 0 fully saturated rings. The van der Waals surface area contributed by atoms with Gasteiger partial charge in [0.25, 0.3) is 5.91 Å². The van der Waals surface area contributed by atoms with Gasteiger partial charge >= 0.3 is 0 Å². The molecule has 1 amide bonds. The molecule has 0 unspecified atom stereocenters. The van der Waals surface area contributed by atoms with Gasteiger partial charge in [-0.2, -0.15) is 0 Å². The average Bonchev–Trinajstić information content (AvgIpc) is 3.24. The van der Waals surface area contributed by atoms with E-state index in [0.29, 0.717) is 29.3 Å². The minimum absolute atomic E-state index is 0.202. The Morgan fingerprint density at radius 3 is 2.38 bits per heavy atom. The van der Waals surface area contributed by atoms with E-state index in [1.165, 1.54) is 0 Å². The topological polar surface area (TPSA) is 69.0 Å². The number of nitrogens with one attached hydrogen (secondary N) is 1. The highest BCUT2D eigenvalue weighted by molar-refractivity contribution is 6.05. The first-order valence-electron chi connectivity index (χ1n) is 10.3. The van der Waals surface area contributed by atoms with Gasteiger partial charge in [0.05, 0.1) is 17.7 Å². The Hall–Kier alpha value is -4.45. The molecule has 0 spiro atoms. The quantitative estimate of drug-likeness (QED) is 0.392. The second-order valence-electron chi connectivity index (χ2n) is 7.30. The fourth-order valence-corrected chi connectivity index (χ4v) is 3.44. The third kappa shape index (κ3) is 4.20. The number of ether oxygens (including phenoxy) is 1. The SMILES string of the molecule is O=C(Nc1ccccc1Oc1ccccc1)c1ccc(Cn2nnc3ccccc32)cc1. The minimum Gasteiger partial charge on any atom is -0.455 e. The van der Waals surface area contributed by atoms with Crippen LogP contribution in [0.4, 0.5) is 5.69 Å². The maximum Gasteiger partial charge on any atom is 0.255 e. The number of amides is 1. The highest BCUT2D eigenvalue weighted by Crippen LogP contribution is 2.29. The van der Waals surface area contributed by atoms with Gasteiger partial charge in [0.2, 0.25) is 0 Å². The molecule has 0 saturated heterocycles. The number of nitrogens with zero attached hydrogens (tertiary/aromatic N) is 3. The van der Waals surface area contributed by atoms with Gasteiger partial charge in [0, 0.05) is 5.56 Å². The summed E-state index contributed by atoms with van der Waals surface area (Å²) in [5.41, 5.74) is 4.04. The van der Waals surface area contributed by atoms with Crippen molar-refractivity contribution in [3.05, 3.63) is 114 Å². The van der Waals surface area contributed by atoms with E-state index >= 15 is 0 Å². The predicted molar refractivity (Wildman–Crippen MR) is 124 cm³/mol. The number of hydrogen-bond donors (Lipinski definition) is 1. The lowest BCUT2D eigenvalue weighted by atomic mass is 10.1. The summed E-state index contributed by atoms with van der Waals surface area (Å²) in [5, 5.41) is 11.3. The van der Waals surface area contributed by atoms with Crippen molar-refractivity contribution in [2.45, 2.75) is 6.54 Å². The molecule has 5 rings (SSSR count). The molecular formula is C26H20N4O2. The second-order valence-corrected chi connectivity index (χ2v) is 7.30. The lowest BCUT2D eigenvalue weighted by Crippen LogP contribution is -2.12. The first kappa shape index (κ1) is 19.5. The maximum atomic E-state index is 12.8. The third-order valence-corrected chi connectivity index (χ3v) is 5.07. The number of para-hydroxylation sites is 4. The van der Waals surface area contributed by atoms with Crippen LogP contribution in [-0.4, -0.2) is 20.9 Å². The Morgan fingerprint density at radius 2 is 1.53 bits per heavy atom. The number of carbonyl (C=O) groups is 1. The molecular weight excluding hydrogens is 400 g/mol. The van der Waals surface area contributed by atoms with E-state index in [9.17, 15) is 4.79 Å². The van der Waals surface area contributed by atoms with Gasteiger partial charge in [-0.25, -0.2) is 4.68 Å². The molecule has 0 aliphatic rings. The summed E-state index contributed by atoms with van der Waals surface area (Å²) in [6.45, 7) is 0.580. The Bertz CT molecular complexity index is 1360. The van der Waals surface area contributed by atoms with E-state index in [1.54, 1.807) is 0 Å². The number of anilines is 1. The maximum absolute atomic E-state index is 12.8. The second kappa shape index (κ2) is 8.73. The number of aromatic nitrogens is 3. The molecule has 0 aliphatic carbocycles. The molecule has 6 heteroatoms. The van der Waals surface area contributed by atoms with E-state index in [1.807, 2.05) is 108 Å². The van der Waals surface area contributed by atoms with Crippen molar-refractivity contribution < 1.29 is 9.53 Å². The summed E-state index contributed by atoms with van der Waals surface area (Å²) in [7, 11) is 0. The summed E-state index contributed by atoms with van der Waals surface area (Å²) in [6, 6.07) is 32.2. The van der Waals surface area contributed by atoms with Crippen molar-refractivity contribution >= 4 is 22.6 Å². The Balaban J connectivity index is 1.29. The average molecular weight is 420 g/mol. The van der Waals surface area contributed by atoms with E-state index in [0.717, 1.165) is 16.6 Å². The largest absolute Gasteiger partial charge is 0.455 e. The smallest absolute Gasteiger partial charge is 0.255 e. The number of rotatable bonds is 6. The summed E-state index contributed by atoms with van der Waals surface area (Å²) >= 11 is 0. The van der Waals surface area contributed by atoms with E-state index < -0.39 is 0 Å². The Labute approximate surface area is 185 Å². The summed E-state index contributed by atoms with van der Waals surface area (Å²) in [5.74, 6) is 1.09. The van der Waals surface area contributed by atoms with E-state index in [4.69, 9.17) is 4.74 Å². The zero-order valence-corrected chi connectivity index (χ0v) is 17.2. The molecule has 156 valence electrons. The number of carbonyl (C=O) groups excluding carboxylic acids is 1. The molecule has 0 saturated carbocycles. The summed E-state index contributed by atoms with van der Waals surface area (Å²) in [6.07, 6.45) is 0. The number of fused-ring (bicyclic) bond motifs is 1. The fourth-order valence-electron chi connectivity index (χ4n) is 3.44.